The molecule has 0 atom stereocenters. The number of alkyl halides is 7. The molecule has 1 heterocycles. The normalized spacial score (nSPS) is 21.8. The van der Waals surface area contributed by atoms with Crippen molar-refractivity contribution in [3.63, 3.8) is 0 Å². The average molecular weight is 276 g/mol. The second-order valence-corrected chi connectivity index (χ2v) is 4.10. The van der Waals surface area contributed by atoms with Gasteiger partial charge in [-0.15, -0.1) is 0 Å². The Morgan fingerprint density at radius 1 is 1.06 bits per heavy atom. The molecule has 18 heavy (non-hydrogen) atoms. The number of hydrogen-bond donors (Lipinski definition) is 0. The van der Waals surface area contributed by atoms with Crippen molar-refractivity contribution in [3.05, 3.63) is 17.0 Å². The maximum absolute atomic E-state index is 13.5. The van der Waals surface area contributed by atoms with Crippen LogP contribution in [0.3, 0.4) is 0 Å². The van der Waals surface area contributed by atoms with E-state index in [1.54, 1.807) is 0 Å². The van der Waals surface area contributed by atoms with E-state index >= 15 is 0 Å². The fourth-order valence-corrected chi connectivity index (χ4v) is 2.05. The summed E-state index contributed by atoms with van der Waals surface area (Å²) in [7, 11) is 0.795. The van der Waals surface area contributed by atoms with Gasteiger partial charge < -0.3 is 0 Å². The average Bonchev–Trinajstić information content (AvgIpc) is 2.53. The zero-order chi connectivity index (χ0) is 13.9. The zero-order valence-corrected chi connectivity index (χ0v) is 8.95. The molecule has 1 aliphatic carbocycles. The van der Waals surface area contributed by atoms with E-state index < -0.39 is 47.8 Å². The third-order valence-electron chi connectivity index (χ3n) is 2.78. The molecule has 0 saturated carbocycles. The van der Waals surface area contributed by atoms with Gasteiger partial charge in [0.2, 0.25) is 0 Å². The highest BCUT2D eigenvalue weighted by Gasteiger charge is 2.57. The van der Waals surface area contributed by atoms with Gasteiger partial charge in [-0.05, 0) is 0 Å². The Hall–Kier alpha value is -1.28. The molecule has 0 saturated heterocycles. The minimum absolute atomic E-state index is 0.186. The van der Waals surface area contributed by atoms with E-state index in [2.05, 4.69) is 5.10 Å². The van der Waals surface area contributed by atoms with Crippen LogP contribution >= 0.6 is 0 Å². The summed E-state index contributed by atoms with van der Waals surface area (Å²) in [6.45, 7) is 0. The molecule has 0 spiro atoms. The van der Waals surface area contributed by atoms with Gasteiger partial charge in [0.25, 0.3) is 11.8 Å². The lowest BCUT2D eigenvalue weighted by Gasteiger charge is -2.29. The van der Waals surface area contributed by atoms with E-state index in [-0.39, 0.29) is 4.68 Å². The molecule has 0 radical (unpaired) electrons. The Kier molecular flexibility index (Phi) is 2.47. The highest BCUT2D eigenvalue weighted by molar-refractivity contribution is 5.37. The van der Waals surface area contributed by atoms with Crippen LogP contribution in [0.15, 0.2) is 0 Å². The quantitative estimate of drug-likeness (QED) is 0.664. The summed E-state index contributed by atoms with van der Waals surface area (Å²) in [5.74, 6) is -7.68. The third kappa shape index (κ3) is 1.76. The molecule has 2 nitrogen and oxygen atoms in total. The predicted molar refractivity (Wildman–Crippen MR) is 45.2 cm³/mol. The third-order valence-corrected chi connectivity index (χ3v) is 2.78. The maximum Gasteiger partial charge on any atom is 0.435 e. The molecule has 1 aliphatic rings. The van der Waals surface area contributed by atoms with E-state index in [1.165, 1.54) is 0 Å². The lowest BCUT2D eigenvalue weighted by molar-refractivity contribution is -0.149. The van der Waals surface area contributed by atoms with Crippen LogP contribution in [-0.2, 0) is 25.1 Å². The summed E-state index contributed by atoms with van der Waals surface area (Å²) in [5, 5.41) is 2.79. The van der Waals surface area contributed by atoms with Crippen LogP contribution < -0.4 is 0 Å². The van der Waals surface area contributed by atoms with Gasteiger partial charge in [-0.2, -0.15) is 27.1 Å². The molecule has 0 N–H and O–H groups in total. The molecule has 1 aromatic heterocycles. The van der Waals surface area contributed by atoms with E-state index in [0.29, 0.717) is 0 Å². The topological polar surface area (TPSA) is 17.8 Å². The molecule has 0 aliphatic heterocycles. The number of nitrogens with zero attached hydrogens (tertiary/aromatic N) is 2. The molecule has 1 aromatic rings. The molecule has 9 heteroatoms. The Labute approximate surface area is 96.4 Å². The predicted octanol–water partition coefficient (Wildman–Crippen LogP) is 3.42. The van der Waals surface area contributed by atoms with Crippen molar-refractivity contribution in [1.82, 2.24) is 9.78 Å². The fraction of sp³-hybridized carbons (Fsp3) is 0.667. The van der Waals surface area contributed by atoms with Gasteiger partial charge in [-0.25, -0.2) is 8.78 Å². The van der Waals surface area contributed by atoms with Gasteiger partial charge in [0, 0.05) is 19.9 Å². The zero-order valence-electron chi connectivity index (χ0n) is 8.95. The molecular formula is C9H7F7N2. The largest absolute Gasteiger partial charge is 0.435 e. The summed E-state index contributed by atoms with van der Waals surface area (Å²) < 4.78 is 91.6. The Morgan fingerprint density at radius 2 is 1.56 bits per heavy atom. The van der Waals surface area contributed by atoms with Crippen LogP contribution in [0.25, 0.3) is 0 Å². The highest BCUT2D eigenvalue weighted by atomic mass is 19.4. The van der Waals surface area contributed by atoms with Crippen LogP contribution in [0, 0.1) is 0 Å². The van der Waals surface area contributed by atoms with Crippen LogP contribution in [0.2, 0.25) is 0 Å². The fourth-order valence-electron chi connectivity index (χ4n) is 2.05. The second kappa shape index (κ2) is 3.39. The molecule has 0 fully saturated rings. The molecule has 0 bridgehead atoms. The van der Waals surface area contributed by atoms with Gasteiger partial charge in [0.1, 0.15) is 5.69 Å². The number of rotatable bonds is 0. The van der Waals surface area contributed by atoms with Gasteiger partial charge in [-0.3, -0.25) is 4.68 Å². The highest BCUT2D eigenvalue weighted by Crippen LogP contribution is 2.52. The summed E-state index contributed by atoms with van der Waals surface area (Å²) in [6, 6.07) is 0. The van der Waals surface area contributed by atoms with Crippen molar-refractivity contribution in [1.29, 1.82) is 0 Å². The van der Waals surface area contributed by atoms with Gasteiger partial charge >= 0.3 is 6.18 Å². The smallest absolute Gasteiger partial charge is 0.265 e. The number of fused-ring (bicyclic) bond motifs is 1. The Morgan fingerprint density at radius 3 is 2.06 bits per heavy atom. The first-order valence-electron chi connectivity index (χ1n) is 4.87. The summed E-state index contributed by atoms with van der Waals surface area (Å²) in [4.78, 5) is 0. The molecule has 2 rings (SSSR count). The van der Waals surface area contributed by atoms with Crippen molar-refractivity contribution >= 4 is 0 Å². The van der Waals surface area contributed by atoms with Crippen LogP contribution in [-0.4, -0.2) is 9.78 Å². The van der Waals surface area contributed by atoms with Crippen LogP contribution in [0.1, 0.15) is 29.8 Å². The van der Waals surface area contributed by atoms with E-state index in [0.717, 1.165) is 7.05 Å². The Bertz CT molecular complexity index is 486. The monoisotopic (exact) mass is 276 g/mol. The first-order valence-corrected chi connectivity index (χ1v) is 4.87. The van der Waals surface area contributed by atoms with Gasteiger partial charge in [-0.1, -0.05) is 0 Å². The minimum Gasteiger partial charge on any atom is -0.265 e. The first-order chi connectivity index (χ1) is 7.97. The maximum atomic E-state index is 13.5. The standard InChI is InChI=1S/C9H7F7N2/c1-18-6-4(5(17-18)9(14,15)16)7(10,11)2-3-8(6,12)13/h2-3H2,1H3. The lowest BCUT2D eigenvalue weighted by atomic mass is 9.89. The molecule has 0 amide bonds. The number of halogens is 7. The summed E-state index contributed by atoms with van der Waals surface area (Å²) in [5.41, 5.74) is -5.00. The van der Waals surface area contributed by atoms with Gasteiger partial charge in [0.05, 0.1) is 5.56 Å². The van der Waals surface area contributed by atoms with Crippen molar-refractivity contribution in [2.24, 2.45) is 7.05 Å². The molecular weight excluding hydrogens is 269 g/mol. The minimum atomic E-state index is -5.19. The van der Waals surface area contributed by atoms with Crippen LogP contribution in [0.4, 0.5) is 30.7 Å². The molecule has 102 valence electrons. The number of aryl methyl sites for hydroxylation is 1. The SMILES string of the molecule is Cn1nc(C(F)(F)F)c2c1C(F)(F)CCC2(F)F. The Balaban J connectivity index is 2.78. The first kappa shape index (κ1) is 13.2. The number of aromatic nitrogens is 2. The van der Waals surface area contributed by atoms with Crippen molar-refractivity contribution < 1.29 is 30.7 Å². The molecule has 0 aromatic carbocycles. The summed E-state index contributed by atoms with van der Waals surface area (Å²) >= 11 is 0. The van der Waals surface area contributed by atoms with E-state index in [9.17, 15) is 30.7 Å². The van der Waals surface area contributed by atoms with E-state index in [4.69, 9.17) is 0 Å². The summed E-state index contributed by atoms with van der Waals surface area (Å²) in [6.07, 6.45) is -7.73. The van der Waals surface area contributed by atoms with Crippen molar-refractivity contribution in [2.45, 2.75) is 30.9 Å². The van der Waals surface area contributed by atoms with Gasteiger partial charge in [0.15, 0.2) is 5.69 Å². The second-order valence-electron chi connectivity index (χ2n) is 4.10. The van der Waals surface area contributed by atoms with E-state index in [1.807, 2.05) is 0 Å². The van der Waals surface area contributed by atoms with Crippen molar-refractivity contribution in [3.8, 4) is 0 Å². The lowest BCUT2D eigenvalue weighted by Crippen LogP contribution is -2.32. The van der Waals surface area contributed by atoms with Crippen LogP contribution in [0.5, 0.6) is 0 Å². The number of hydrogen-bond acceptors (Lipinski definition) is 1. The van der Waals surface area contributed by atoms with Crippen molar-refractivity contribution in [2.75, 3.05) is 0 Å². The molecule has 0 unspecified atom stereocenters.